The monoisotopic (exact) mass is 279 g/mol. The van der Waals surface area contributed by atoms with E-state index in [0.29, 0.717) is 5.75 Å². The van der Waals surface area contributed by atoms with Gasteiger partial charge >= 0.3 is 0 Å². The molecule has 3 rings (SSSR count). The van der Waals surface area contributed by atoms with Crippen LogP contribution in [0.25, 0.3) is 4.96 Å². The van der Waals surface area contributed by atoms with Crippen molar-refractivity contribution in [3.8, 4) is 0 Å². The third kappa shape index (κ3) is 2.04. The molecule has 0 aromatic carbocycles. The standard InChI is InChI=1S/C10H9N5OS2/c1-14-6-11-13-10(14)18-5-7-4-8(16)15-2-3-17-9(15)12-7/h2-4,6H,5H2,1H3. The molecule has 18 heavy (non-hydrogen) atoms. The Morgan fingerprint density at radius 3 is 3.17 bits per heavy atom. The number of aromatic nitrogens is 5. The van der Waals surface area contributed by atoms with E-state index in [1.54, 1.807) is 23.0 Å². The van der Waals surface area contributed by atoms with Crippen LogP contribution in [0.3, 0.4) is 0 Å². The summed E-state index contributed by atoms with van der Waals surface area (Å²) in [7, 11) is 1.88. The third-order valence-electron chi connectivity index (χ3n) is 2.38. The molecule has 0 saturated heterocycles. The normalized spacial score (nSPS) is 11.2. The van der Waals surface area contributed by atoms with Crippen molar-refractivity contribution in [1.29, 1.82) is 0 Å². The molecule has 0 spiro atoms. The van der Waals surface area contributed by atoms with Crippen LogP contribution in [-0.2, 0) is 12.8 Å². The number of thioether (sulfide) groups is 1. The van der Waals surface area contributed by atoms with Gasteiger partial charge in [0.2, 0.25) is 0 Å². The van der Waals surface area contributed by atoms with E-state index in [4.69, 9.17) is 0 Å². The summed E-state index contributed by atoms with van der Waals surface area (Å²) in [6.45, 7) is 0. The molecule has 0 aliphatic heterocycles. The minimum absolute atomic E-state index is 0.0465. The number of rotatable bonds is 3. The minimum atomic E-state index is -0.0465. The second kappa shape index (κ2) is 4.54. The zero-order valence-electron chi connectivity index (χ0n) is 9.48. The predicted molar refractivity (Wildman–Crippen MR) is 69.9 cm³/mol. The highest BCUT2D eigenvalue weighted by Crippen LogP contribution is 2.18. The smallest absolute Gasteiger partial charge is 0.258 e. The van der Waals surface area contributed by atoms with Gasteiger partial charge in [-0.05, 0) is 0 Å². The highest BCUT2D eigenvalue weighted by molar-refractivity contribution is 7.98. The molecule has 0 amide bonds. The SMILES string of the molecule is Cn1cnnc1SCc1cc(=O)n2ccsc2n1. The lowest BCUT2D eigenvalue weighted by Crippen LogP contribution is -2.12. The Morgan fingerprint density at radius 2 is 2.39 bits per heavy atom. The number of nitrogens with zero attached hydrogens (tertiary/aromatic N) is 5. The first kappa shape index (κ1) is 11.4. The lowest BCUT2D eigenvalue weighted by atomic mass is 10.4. The van der Waals surface area contributed by atoms with Crippen molar-refractivity contribution in [1.82, 2.24) is 24.1 Å². The molecule has 3 aromatic heterocycles. The van der Waals surface area contributed by atoms with Gasteiger partial charge in [0.05, 0.1) is 5.69 Å². The molecule has 0 bridgehead atoms. The van der Waals surface area contributed by atoms with E-state index in [0.717, 1.165) is 15.8 Å². The van der Waals surface area contributed by atoms with Crippen molar-refractivity contribution in [2.24, 2.45) is 7.05 Å². The number of hydrogen-bond donors (Lipinski definition) is 0. The molecule has 0 unspecified atom stereocenters. The molecule has 0 N–H and O–H groups in total. The Hall–Kier alpha value is -1.67. The lowest BCUT2D eigenvalue weighted by Gasteiger charge is -2.00. The Bertz CT molecular complexity index is 744. The van der Waals surface area contributed by atoms with E-state index in [-0.39, 0.29) is 5.56 Å². The molecular weight excluding hydrogens is 270 g/mol. The maximum atomic E-state index is 11.8. The highest BCUT2D eigenvalue weighted by atomic mass is 32.2. The van der Waals surface area contributed by atoms with Gasteiger partial charge < -0.3 is 4.57 Å². The molecule has 0 aliphatic carbocycles. The maximum Gasteiger partial charge on any atom is 0.258 e. The molecule has 6 nitrogen and oxygen atoms in total. The van der Waals surface area contributed by atoms with Crippen molar-refractivity contribution in [3.05, 3.63) is 40.0 Å². The zero-order valence-corrected chi connectivity index (χ0v) is 11.1. The van der Waals surface area contributed by atoms with E-state index in [1.807, 2.05) is 17.0 Å². The van der Waals surface area contributed by atoms with Crippen LogP contribution in [0.15, 0.2) is 33.9 Å². The fourth-order valence-corrected chi connectivity index (χ4v) is 3.02. The molecule has 0 atom stereocenters. The molecule has 3 aromatic rings. The van der Waals surface area contributed by atoms with Crippen LogP contribution in [0, 0.1) is 0 Å². The van der Waals surface area contributed by atoms with E-state index in [1.165, 1.54) is 23.1 Å². The van der Waals surface area contributed by atoms with Crippen LogP contribution in [0.4, 0.5) is 0 Å². The summed E-state index contributed by atoms with van der Waals surface area (Å²) in [5, 5.41) is 10.4. The molecular formula is C10H9N5OS2. The van der Waals surface area contributed by atoms with Gasteiger partial charge in [0, 0.05) is 30.4 Å². The van der Waals surface area contributed by atoms with Gasteiger partial charge in [-0.15, -0.1) is 21.5 Å². The highest BCUT2D eigenvalue weighted by Gasteiger charge is 2.06. The van der Waals surface area contributed by atoms with Gasteiger partial charge in [-0.1, -0.05) is 11.8 Å². The van der Waals surface area contributed by atoms with Crippen molar-refractivity contribution < 1.29 is 0 Å². The van der Waals surface area contributed by atoms with Crippen LogP contribution in [0.1, 0.15) is 5.69 Å². The first-order chi connectivity index (χ1) is 8.74. The van der Waals surface area contributed by atoms with Crippen LogP contribution in [0.2, 0.25) is 0 Å². The van der Waals surface area contributed by atoms with E-state index < -0.39 is 0 Å². The van der Waals surface area contributed by atoms with Gasteiger partial charge in [0.1, 0.15) is 6.33 Å². The largest absolute Gasteiger partial charge is 0.312 e. The summed E-state index contributed by atoms with van der Waals surface area (Å²) in [5.74, 6) is 0.607. The minimum Gasteiger partial charge on any atom is -0.312 e. The van der Waals surface area contributed by atoms with E-state index >= 15 is 0 Å². The summed E-state index contributed by atoms with van der Waals surface area (Å²) in [5.41, 5.74) is 0.713. The average Bonchev–Trinajstić information content (AvgIpc) is 2.95. The topological polar surface area (TPSA) is 65.1 Å². The van der Waals surface area contributed by atoms with Gasteiger partial charge in [-0.2, -0.15) is 0 Å². The molecule has 8 heteroatoms. The molecule has 0 aliphatic rings. The Morgan fingerprint density at radius 1 is 1.50 bits per heavy atom. The molecule has 0 fully saturated rings. The lowest BCUT2D eigenvalue weighted by molar-refractivity contribution is 0.788. The van der Waals surface area contributed by atoms with Crippen LogP contribution in [-0.4, -0.2) is 24.1 Å². The molecule has 0 radical (unpaired) electrons. The van der Waals surface area contributed by atoms with E-state index in [9.17, 15) is 4.79 Å². The molecule has 92 valence electrons. The van der Waals surface area contributed by atoms with Crippen molar-refractivity contribution in [2.75, 3.05) is 0 Å². The Labute approximate surface area is 110 Å². The fraction of sp³-hybridized carbons (Fsp3) is 0.200. The van der Waals surface area contributed by atoms with Crippen LogP contribution in [0.5, 0.6) is 0 Å². The van der Waals surface area contributed by atoms with Crippen LogP contribution < -0.4 is 5.56 Å². The number of fused-ring (bicyclic) bond motifs is 1. The van der Waals surface area contributed by atoms with Gasteiger partial charge in [-0.3, -0.25) is 9.20 Å². The van der Waals surface area contributed by atoms with Crippen LogP contribution >= 0.6 is 23.1 Å². The fourth-order valence-electron chi connectivity index (χ4n) is 1.50. The molecule has 3 heterocycles. The number of thiazole rings is 1. The van der Waals surface area contributed by atoms with Crippen molar-refractivity contribution in [2.45, 2.75) is 10.9 Å². The number of hydrogen-bond acceptors (Lipinski definition) is 6. The summed E-state index contributed by atoms with van der Waals surface area (Å²) >= 11 is 2.96. The average molecular weight is 279 g/mol. The number of aryl methyl sites for hydroxylation is 1. The Kier molecular flexibility index (Phi) is 2.88. The van der Waals surface area contributed by atoms with Gasteiger partial charge in [0.25, 0.3) is 5.56 Å². The zero-order chi connectivity index (χ0) is 12.5. The second-order valence-electron chi connectivity index (χ2n) is 3.65. The summed E-state index contributed by atoms with van der Waals surface area (Å²) < 4.78 is 3.38. The Balaban J connectivity index is 1.87. The van der Waals surface area contributed by atoms with E-state index in [2.05, 4.69) is 15.2 Å². The summed E-state index contributed by atoms with van der Waals surface area (Å²) in [4.78, 5) is 16.9. The third-order valence-corrected chi connectivity index (χ3v) is 4.20. The first-order valence-corrected chi connectivity index (χ1v) is 7.03. The predicted octanol–water partition coefficient (Wildman–Crippen LogP) is 1.18. The second-order valence-corrected chi connectivity index (χ2v) is 5.47. The first-order valence-electron chi connectivity index (χ1n) is 5.16. The summed E-state index contributed by atoms with van der Waals surface area (Å²) in [6.07, 6.45) is 3.38. The van der Waals surface area contributed by atoms with Crippen molar-refractivity contribution >= 4 is 28.1 Å². The molecule has 0 saturated carbocycles. The van der Waals surface area contributed by atoms with Gasteiger partial charge in [-0.25, -0.2) is 4.98 Å². The van der Waals surface area contributed by atoms with Crippen molar-refractivity contribution in [3.63, 3.8) is 0 Å². The van der Waals surface area contributed by atoms with Gasteiger partial charge in [0.15, 0.2) is 10.1 Å². The maximum absolute atomic E-state index is 11.8. The quantitative estimate of drug-likeness (QED) is 0.674. The summed E-state index contributed by atoms with van der Waals surface area (Å²) in [6, 6.07) is 1.56.